The maximum absolute atomic E-state index is 11.0. The van der Waals surface area contributed by atoms with E-state index in [4.69, 9.17) is 11.5 Å². The summed E-state index contributed by atoms with van der Waals surface area (Å²) in [7, 11) is 0. The first-order valence-corrected chi connectivity index (χ1v) is 4.44. The molecule has 0 rings (SSSR count). The summed E-state index contributed by atoms with van der Waals surface area (Å²) in [6, 6.07) is -0.816. The van der Waals surface area contributed by atoms with E-state index in [9.17, 15) is 9.59 Å². The van der Waals surface area contributed by atoms with Crippen LogP contribution in [0.5, 0.6) is 0 Å². The molecule has 6 heteroatoms. The van der Waals surface area contributed by atoms with E-state index in [-0.39, 0.29) is 5.92 Å². The maximum Gasteiger partial charge on any atom is 0.412 e. The molecule has 0 aromatic carbocycles. The molecule has 0 bridgehead atoms. The van der Waals surface area contributed by atoms with Crippen molar-refractivity contribution in [2.75, 3.05) is 6.54 Å². The predicted octanol–water partition coefficient (Wildman–Crippen LogP) is -0.689. The van der Waals surface area contributed by atoms with Crippen molar-refractivity contribution in [3.8, 4) is 0 Å². The molecule has 0 aromatic heterocycles. The van der Waals surface area contributed by atoms with Crippen LogP contribution >= 0.6 is 0 Å². The summed E-state index contributed by atoms with van der Waals surface area (Å²) < 4.78 is 4.13. The van der Waals surface area contributed by atoms with Gasteiger partial charge in [-0.15, -0.1) is 0 Å². The number of amides is 1. The molecule has 14 heavy (non-hydrogen) atoms. The molecule has 0 aliphatic carbocycles. The van der Waals surface area contributed by atoms with Gasteiger partial charge in [0.1, 0.15) is 6.04 Å². The van der Waals surface area contributed by atoms with Crippen LogP contribution < -0.4 is 17.2 Å². The highest BCUT2D eigenvalue weighted by Gasteiger charge is 2.19. The second-order valence-corrected chi connectivity index (χ2v) is 3.26. The number of hydrogen-bond acceptors (Lipinski definition) is 5. The average molecular weight is 203 g/mol. The molecule has 0 aliphatic rings. The summed E-state index contributed by atoms with van der Waals surface area (Å²) in [4.78, 5) is 21.2. The molecular formula is C8H17N3O3. The molecule has 1 unspecified atom stereocenters. The molecule has 0 spiro atoms. The number of hydrogen-bond donors (Lipinski definition) is 3. The monoisotopic (exact) mass is 203 g/mol. The first-order valence-electron chi connectivity index (χ1n) is 4.44. The first-order chi connectivity index (χ1) is 6.47. The Morgan fingerprint density at radius 2 is 2.00 bits per heavy atom. The highest BCUT2D eigenvalue weighted by Crippen LogP contribution is 2.09. The minimum absolute atomic E-state index is 0.218. The number of esters is 1. The Morgan fingerprint density at radius 1 is 1.43 bits per heavy atom. The molecule has 82 valence electrons. The number of nitrogens with two attached hydrogens (primary N) is 3. The third kappa shape index (κ3) is 5.50. The molecule has 2 atom stereocenters. The van der Waals surface area contributed by atoms with Crippen LogP contribution in [-0.4, -0.2) is 24.6 Å². The van der Waals surface area contributed by atoms with Gasteiger partial charge in [-0.3, -0.25) is 0 Å². The van der Waals surface area contributed by atoms with E-state index in [1.807, 2.05) is 6.92 Å². The van der Waals surface area contributed by atoms with E-state index in [0.717, 1.165) is 6.42 Å². The van der Waals surface area contributed by atoms with Crippen molar-refractivity contribution in [3.63, 3.8) is 0 Å². The molecule has 0 heterocycles. The van der Waals surface area contributed by atoms with Crippen LogP contribution in [-0.2, 0) is 9.53 Å². The Kier molecular flexibility index (Phi) is 5.82. The summed E-state index contributed by atoms with van der Waals surface area (Å²) in [6.07, 6.45) is 0.0813. The van der Waals surface area contributed by atoms with E-state index in [2.05, 4.69) is 10.5 Å². The fourth-order valence-electron chi connectivity index (χ4n) is 1.11. The van der Waals surface area contributed by atoms with E-state index < -0.39 is 18.1 Å². The minimum atomic E-state index is -1.13. The van der Waals surface area contributed by atoms with Crippen LogP contribution in [0.4, 0.5) is 4.79 Å². The average Bonchev–Trinajstić information content (AvgIpc) is 2.02. The molecule has 0 aliphatic heterocycles. The van der Waals surface area contributed by atoms with Gasteiger partial charge in [0.15, 0.2) is 0 Å². The second kappa shape index (κ2) is 6.33. The van der Waals surface area contributed by atoms with Crippen molar-refractivity contribution >= 4 is 12.1 Å². The van der Waals surface area contributed by atoms with Crippen molar-refractivity contribution in [1.82, 2.24) is 0 Å². The van der Waals surface area contributed by atoms with Crippen molar-refractivity contribution in [2.24, 2.45) is 23.1 Å². The third-order valence-corrected chi connectivity index (χ3v) is 1.82. The Bertz CT molecular complexity index is 208. The fourth-order valence-corrected chi connectivity index (χ4v) is 1.11. The Balaban J connectivity index is 3.88. The lowest BCUT2D eigenvalue weighted by atomic mass is 9.99. The van der Waals surface area contributed by atoms with Crippen LogP contribution in [0, 0.1) is 5.92 Å². The lowest BCUT2D eigenvalue weighted by Gasteiger charge is -2.14. The lowest BCUT2D eigenvalue weighted by molar-refractivity contribution is -0.138. The van der Waals surface area contributed by atoms with Gasteiger partial charge in [-0.25, -0.2) is 9.59 Å². The van der Waals surface area contributed by atoms with Crippen LogP contribution in [0.2, 0.25) is 0 Å². The van der Waals surface area contributed by atoms with Crippen LogP contribution in [0.3, 0.4) is 0 Å². The van der Waals surface area contributed by atoms with E-state index in [1.54, 1.807) is 0 Å². The zero-order valence-corrected chi connectivity index (χ0v) is 8.23. The second-order valence-electron chi connectivity index (χ2n) is 3.26. The molecule has 0 radical (unpaired) electrons. The van der Waals surface area contributed by atoms with E-state index >= 15 is 0 Å². The van der Waals surface area contributed by atoms with E-state index in [0.29, 0.717) is 13.0 Å². The largest absolute Gasteiger partial charge is 0.412 e. The molecule has 6 N–H and O–H groups in total. The molecule has 0 saturated carbocycles. The van der Waals surface area contributed by atoms with Gasteiger partial charge < -0.3 is 21.9 Å². The van der Waals surface area contributed by atoms with Crippen molar-refractivity contribution in [1.29, 1.82) is 0 Å². The van der Waals surface area contributed by atoms with Crippen molar-refractivity contribution in [3.05, 3.63) is 0 Å². The number of carbonyl (C=O) groups excluding carboxylic acids is 2. The predicted molar refractivity (Wildman–Crippen MR) is 51.1 cm³/mol. The van der Waals surface area contributed by atoms with Gasteiger partial charge >= 0.3 is 12.1 Å². The summed E-state index contributed by atoms with van der Waals surface area (Å²) >= 11 is 0. The quantitative estimate of drug-likeness (QED) is 0.403. The van der Waals surface area contributed by atoms with Gasteiger partial charge in [0.05, 0.1) is 0 Å². The SMILES string of the molecule is CC(CCN)C[C@H](N)C(=O)OC(N)=O. The van der Waals surface area contributed by atoms with Gasteiger partial charge in [-0.2, -0.15) is 0 Å². The Hall–Kier alpha value is -1.14. The van der Waals surface area contributed by atoms with Gasteiger partial charge in [-0.1, -0.05) is 6.92 Å². The topological polar surface area (TPSA) is 121 Å². The van der Waals surface area contributed by atoms with Crippen LogP contribution in [0.15, 0.2) is 0 Å². The summed E-state index contributed by atoms with van der Waals surface area (Å²) in [5.74, 6) is -0.572. The molecule has 0 saturated heterocycles. The number of rotatable bonds is 5. The summed E-state index contributed by atoms with van der Waals surface area (Å²) in [5, 5.41) is 0. The molecule has 0 aromatic rings. The Morgan fingerprint density at radius 3 is 2.43 bits per heavy atom. The minimum Gasteiger partial charge on any atom is -0.375 e. The highest BCUT2D eigenvalue weighted by atomic mass is 16.6. The fraction of sp³-hybridized carbons (Fsp3) is 0.750. The van der Waals surface area contributed by atoms with Gasteiger partial charge in [0, 0.05) is 0 Å². The maximum atomic E-state index is 11.0. The lowest BCUT2D eigenvalue weighted by Crippen LogP contribution is -2.36. The van der Waals surface area contributed by atoms with Crippen molar-refractivity contribution < 1.29 is 14.3 Å². The van der Waals surface area contributed by atoms with Gasteiger partial charge in [0.25, 0.3) is 0 Å². The first kappa shape index (κ1) is 12.9. The number of primary amides is 1. The smallest absolute Gasteiger partial charge is 0.375 e. The van der Waals surface area contributed by atoms with E-state index in [1.165, 1.54) is 0 Å². The molecule has 1 amide bonds. The van der Waals surface area contributed by atoms with Gasteiger partial charge in [-0.05, 0) is 25.3 Å². The zero-order valence-electron chi connectivity index (χ0n) is 8.23. The molecular weight excluding hydrogens is 186 g/mol. The third-order valence-electron chi connectivity index (χ3n) is 1.82. The highest BCUT2D eigenvalue weighted by molar-refractivity contribution is 5.86. The molecule has 0 fully saturated rings. The number of ether oxygens (including phenoxy) is 1. The van der Waals surface area contributed by atoms with Gasteiger partial charge in [0.2, 0.25) is 0 Å². The standard InChI is InChI=1S/C8H17N3O3/c1-5(2-3-9)4-6(10)7(12)14-8(11)13/h5-6H,2-4,9-10H2,1H3,(H2,11,13)/t5?,6-/m0/s1. The molecule has 6 nitrogen and oxygen atoms in total. The zero-order chi connectivity index (χ0) is 11.1. The van der Waals surface area contributed by atoms with Crippen LogP contribution in [0.25, 0.3) is 0 Å². The Labute approximate surface area is 82.8 Å². The van der Waals surface area contributed by atoms with Crippen molar-refractivity contribution in [2.45, 2.75) is 25.8 Å². The normalized spacial score (nSPS) is 14.5. The summed E-state index contributed by atoms with van der Waals surface area (Å²) in [6.45, 7) is 2.46. The number of carbonyl (C=O) groups is 2. The summed E-state index contributed by atoms with van der Waals surface area (Å²) in [5.41, 5.74) is 15.5. The van der Waals surface area contributed by atoms with Crippen LogP contribution in [0.1, 0.15) is 19.8 Å².